The van der Waals surface area contributed by atoms with Gasteiger partial charge in [-0.3, -0.25) is 0 Å². The Morgan fingerprint density at radius 2 is 1.17 bits per heavy atom. The lowest BCUT2D eigenvalue weighted by molar-refractivity contribution is -0.149. The summed E-state index contributed by atoms with van der Waals surface area (Å²) < 4.78 is 123. The highest BCUT2D eigenvalue weighted by Crippen LogP contribution is 2.46. The van der Waals surface area contributed by atoms with E-state index in [1.165, 1.54) is 0 Å². The first-order chi connectivity index (χ1) is 10.5. The number of morpholine rings is 1. The number of benzene rings is 1. The molecule has 2 nitrogen and oxygen atoms in total. The SMILES string of the molecule is Fc1c(F)c(C(F)(F)F)c(F)c(C(F)(F)F)c1N1CCOCC1. The van der Waals surface area contributed by atoms with Crippen molar-refractivity contribution in [2.24, 2.45) is 0 Å². The van der Waals surface area contributed by atoms with Gasteiger partial charge in [0.2, 0.25) is 0 Å². The van der Waals surface area contributed by atoms with Gasteiger partial charge < -0.3 is 9.64 Å². The van der Waals surface area contributed by atoms with E-state index in [1.54, 1.807) is 0 Å². The third-order valence-corrected chi connectivity index (χ3v) is 3.19. The van der Waals surface area contributed by atoms with Crippen molar-refractivity contribution in [3.8, 4) is 0 Å². The Morgan fingerprint density at radius 3 is 1.61 bits per heavy atom. The molecular formula is C12H8F9NO. The molecule has 0 aromatic heterocycles. The van der Waals surface area contributed by atoms with Crippen molar-refractivity contribution >= 4 is 5.69 Å². The molecule has 0 bridgehead atoms. The van der Waals surface area contributed by atoms with Gasteiger partial charge in [0.15, 0.2) is 17.5 Å². The molecule has 2 rings (SSSR count). The first-order valence-electron chi connectivity index (χ1n) is 6.13. The molecule has 0 saturated carbocycles. The second-order valence-corrected chi connectivity index (χ2v) is 4.64. The molecule has 0 atom stereocenters. The van der Waals surface area contributed by atoms with Gasteiger partial charge in [0.25, 0.3) is 0 Å². The van der Waals surface area contributed by atoms with Gasteiger partial charge in [-0.25, -0.2) is 13.2 Å². The van der Waals surface area contributed by atoms with Gasteiger partial charge in [-0.2, -0.15) is 26.3 Å². The van der Waals surface area contributed by atoms with Gasteiger partial charge in [-0.1, -0.05) is 0 Å². The average Bonchev–Trinajstić information content (AvgIpc) is 2.40. The summed E-state index contributed by atoms with van der Waals surface area (Å²) in [7, 11) is 0. The second-order valence-electron chi connectivity index (χ2n) is 4.64. The van der Waals surface area contributed by atoms with Crippen LogP contribution in [0.5, 0.6) is 0 Å². The van der Waals surface area contributed by atoms with E-state index in [4.69, 9.17) is 4.74 Å². The highest BCUT2D eigenvalue weighted by atomic mass is 19.4. The van der Waals surface area contributed by atoms with Crippen molar-refractivity contribution in [1.82, 2.24) is 0 Å². The lowest BCUT2D eigenvalue weighted by Crippen LogP contribution is -2.39. The Labute approximate surface area is 123 Å². The zero-order valence-electron chi connectivity index (χ0n) is 11.1. The van der Waals surface area contributed by atoms with Crippen molar-refractivity contribution in [3.63, 3.8) is 0 Å². The summed E-state index contributed by atoms with van der Waals surface area (Å²) >= 11 is 0. The molecule has 11 heteroatoms. The third-order valence-electron chi connectivity index (χ3n) is 3.19. The molecule has 23 heavy (non-hydrogen) atoms. The summed E-state index contributed by atoms with van der Waals surface area (Å²) in [5.41, 5.74) is -6.96. The summed E-state index contributed by atoms with van der Waals surface area (Å²) in [5.74, 6) is -7.98. The van der Waals surface area contributed by atoms with E-state index in [-0.39, 0.29) is 26.3 Å². The first kappa shape index (κ1) is 17.7. The monoisotopic (exact) mass is 353 g/mol. The number of alkyl halides is 6. The van der Waals surface area contributed by atoms with Crippen molar-refractivity contribution in [2.75, 3.05) is 31.2 Å². The number of halogens is 9. The fraction of sp³-hybridized carbons (Fsp3) is 0.500. The van der Waals surface area contributed by atoms with Gasteiger partial charge in [0, 0.05) is 13.1 Å². The molecule has 1 fully saturated rings. The maximum absolute atomic E-state index is 13.9. The lowest BCUT2D eigenvalue weighted by Gasteiger charge is -2.32. The molecule has 1 saturated heterocycles. The molecule has 0 spiro atoms. The molecule has 1 aromatic carbocycles. The Kier molecular flexibility index (Phi) is 4.44. The second kappa shape index (κ2) is 5.77. The average molecular weight is 353 g/mol. The molecule has 0 N–H and O–H groups in total. The van der Waals surface area contributed by atoms with E-state index in [1.807, 2.05) is 0 Å². The van der Waals surface area contributed by atoms with Crippen LogP contribution in [0, 0.1) is 17.5 Å². The Hall–Kier alpha value is -1.65. The quantitative estimate of drug-likeness (QED) is 0.560. The van der Waals surface area contributed by atoms with Crippen LogP contribution in [0.3, 0.4) is 0 Å². The van der Waals surface area contributed by atoms with E-state index in [9.17, 15) is 39.5 Å². The fourth-order valence-corrected chi connectivity index (χ4v) is 2.24. The largest absolute Gasteiger partial charge is 0.422 e. The van der Waals surface area contributed by atoms with Crippen LogP contribution in [0.25, 0.3) is 0 Å². The number of ether oxygens (including phenoxy) is 1. The normalized spacial score (nSPS) is 16.8. The Balaban J connectivity index is 2.80. The van der Waals surface area contributed by atoms with E-state index < -0.39 is 46.6 Å². The Morgan fingerprint density at radius 1 is 0.696 bits per heavy atom. The molecular weight excluding hydrogens is 345 g/mol. The van der Waals surface area contributed by atoms with Gasteiger partial charge in [-0.15, -0.1) is 0 Å². The summed E-state index contributed by atoms with van der Waals surface area (Å²) in [5, 5.41) is 0. The van der Waals surface area contributed by atoms with E-state index in [0.717, 1.165) is 0 Å². The number of hydrogen-bond donors (Lipinski definition) is 0. The predicted molar refractivity (Wildman–Crippen MR) is 59.4 cm³/mol. The summed E-state index contributed by atoms with van der Waals surface area (Å²) in [4.78, 5) is 0.605. The molecule has 0 amide bonds. The smallest absolute Gasteiger partial charge is 0.378 e. The summed E-state index contributed by atoms with van der Waals surface area (Å²) in [6.07, 6.45) is -11.5. The van der Waals surface area contributed by atoms with Gasteiger partial charge in [0.05, 0.1) is 18.9 Å². The maximum Gasteiger partial charge on any atom is 0.422 e. The number of anilines is 1. The minimum absolute atomic E-state index is 0.166. The zero-order chi connectivity index (χ0) is 17.6. The zero-order valence-corrected chi connectivity index (χ0v) is 11.1. The van der Waals surface area contributed by atoms with Crippen LogP contribution in [-0.4, -0.2) is 26.3 Å². The van der Waals surface area contributed by atoms with Gasteiger partial charge in [0.1, 0.15) is 11.1 Å². The van der Waals surface area contributed by atoms with Crippen LogP contribution in [0.2, 0.25) is 0 Å². The van der Waals surface area contributed by atoms with Crippen molar-refractivity contribution in [3.05, 3.63) is 28.6 Å². The van der Waals surface area contributed by atoms with Crippen LogP contribution in [-0.2, 0) is 17.1 Å². The van der Waals surface area contributed by atoms with Crippen LogP contribution in [0.1, 0.15) is 11.1 Å². The highest BCUT2D eigenvalue weighted by molar-refractivity contribution is 5.59. The van der Waals surface area contributed by atoms with Crippen LogP contribution in [0.4, 0.5) is 45.2 Å². The number of rotatable bonds is 1. The van der Waals surface area contributed by atoms with Gasteiger partial charge in [-0.05, 0) is 0 Å². The van der Waals surface area contributed by atoms with Crippen LogP contribution >= 0.6 is 0 Å². The fourth-order valence-electron chi connectivity index (χ4n) is 2.24. The number of hydrogen-bond acceptors (Lipinski definition) is 2. The molecule has 1 aliphatic heterocycles. The number of nitrogens with zero attached hydrogens (tertiary/aromatic N) is 1. The topological polar surface area (TPSA) is 12.5 Å². The molecule has 130 valence electrons. The standard InChI is InChI=1S/C12H8F9NO/c13-7-5(11(16,17)18)8(14)9(15)10(6(7)12(19,20)21)22-1-3-23-4-2-22/h1-4H2. The minimum atomic E-state index is -5.82. The van der Waals surface area contributed by atoms with E-state index >= 15 is 0 Å². The minimum Gasteiger partial charge on any atom is -0.378 e. The summed E-state index contributed by atoms with van der Waals surface area (Å²) in [6, 6.07) is 0. The summed E-state index contributed by atoms with van der Waals surface area (Å²) in [6.45, 7) is -1.05. The van der Waals surface area contributed by atoms with Crippen LogP contribution in [0.15, 0.2) is 0 Å². The molecule has 0 radical (unpaired) electrons. The van der Waals surface area contributed by atoms with Gasteiger partial charge >= 0.3 is 12.4 Å². The molecule has 1 aromatic rings. The van der Waals surface area contributed by atoms with Crippen molar-refractivity contribution < 1.29 is 44.3 Å². The predicted octanol–water partition coefficient (Wildman–Crippen LogP) is 3.98. The van der Waals surface area contributed by atoms with E-state index in [0.29, 0.717) is 4.90 Å². The lowest BCUT2D eigenvalue weighted by atomic mass is 10.0. The molecule has 0 aliphatic carbocycles. The third kappa shape index (κ3) is 3.19. The maximum atomic E-state index is 13.9. The first-order valence-corrected chi connectivity index (χ1v) is 6.13. The Bertz CT molecular complexity index is 602. The van der Waals surface area contributed by atoms with Crippen LogP contribution < -0.4 is 4.90 Å². The van der Waals surface area contributed by atoms with Crippen molar-refractivity contribution in [1.29, 1.82) is 0 Å². The van der Waals surface area contributed by atoms with Crippen molar-refractivity contribution in [2.45, 2.75) is 12.4 Å². The molecule has 1 heterocycles. The highest BCUT2D eigenvalue weighted by Gasteiger charge is 2.49. The molecule has 1 aliphatic rings. The van der Waals surface area contributed by atoms with E-state index in [2.05, 4.69) is 0 Å². The molecule has 0 unspecified atom stereocenters.